The lowest BCUT2D eigenvalue weighted by molar-refractivity contribution is -0.167. The van der Waals surface area contributed by atoms with Crippen molar-refractivity contribution in [2.24, 2.45) is 0 Å². The lowest BCUT2D eigenvalue weighted by atomic mass is 9.84. The summed E-state index contributed by atoms with van der Waals surface area (Å²) in [5.74, 6) is -0.764. The molecule has 0 amide bonds. The summed E-state index contributed by atoms with van der Waals surface area (Å²) in [6.45, 7) is 2.73. The Morgan fingerprint density at radius 2 is 1.91 bits per heavy atom. The van der Waals surface area contributed by atoms with Gasteiger partial charge >= 0.3 is 11.9 Å². The molecule has 1 aliphatic carbocycles. The molecule has 0 radical (unpaired) electrons. The normalized spacial score (nSPS) is 20.3. The van der Waals surface area contributed by atoms with Gasteiger partial charge in [-0.05, 0) is 30.5 Å². The van der Waals surface area contributed by atoms with E-state index in [2.05, 4.69) is 4.98 Å². The van der Waals surface area contributed by atoms with Gasteiger partial charge in [-0.2, -0.15) is 0 Å². The number of hydrogen-bond acceptors (Lipinski definition) is 5. The van der Waals surface area contributed by atoms with Crippen molar-refractivity contribution in [1.82, 2.24) is 4.98 Å². The van der Waals surface area contributed by atoms with E-state index in [1.54, 1.807) is 6.20 Å². The van der Waals surface area contributed by atoms with Gasteiger partial charge in [0.1, 0.15) is 6.10 Å². The summed E-state index contributed by atoms with van der Waals surface area (Å²) in [7, 11) is 0. The van der Waals surface area contributed by atoms with E-state index in [1.807, 2.05) is 24.3 Å². The van der Waals surface area contributed by atoms with Crippen molar-refractivity contribution in [3.8, 4) is 0 Å². The first-order valence-electron chi connectivity index (χ1n) is 7.27. The fourth-order valence-electron chi connectivity index (χ4n) is 3.06. The number of ether oxygens (including phenoxy) is 2. The molecule has 5 heteroatoms. The summed E-state index contributed by atoms with van der Waals surface area (Å²) in [6.07, 6.45) is 2.09. The molecule has 3 rings (SSSR count). The Morgan fingerprint density at radius 3 is 2.64 bits per heavy atom. The number of hydrogen-bond donors (Lipinski definition) is 0. The third-order valence-electron chi connectivity index (χ3n) is 3.85. The highest BCUT2D eigenvalue weighted by molar-refractivity contribution is 5.84. The van der Waals surface area contributed by atoms with Gasteiger partial charge < -0.3 is 9.47 Å². The van der Waals surface area contributed by atoms with E-state index in [1.165, 1.54) is 13.8 Å². The summed E-state index contributed by atoms with van der Waals surface area (Å²) < 4.78 is 10.9. The number of benzene rings is 1. The maximum atomic E-state index is 11.5. The van der Waals surface area contributed by atoms with Crippen LogP contribution in [-0.4, -0.2) is 23.0 Å². The first kappa shape index (κ1) is 14.5. The molecule has 2 aromatic rings. The van der Waals surface area contributed by atoms with Crippen LogP contribution in [0.15, 0.2) is 30.5 Å². The van der Waals surface area contributed by atoms with E-state index < -0.39 is 18.2 Å². The highest BCUT2D eigenvalue weighted by Gasteiger charge is 2.35. The summed E-state index contributed by atoms with van der Waals surface area (Å²) in [4.78, 5) is 27.2. The molecule has 0 aliphatic heterocycles. The van der Waals surface area contributed by atoms with E-state index in [4.69, 9.17) is 9.47 Å². The van der Waals surface area contributed by atoms with Crippen molar-refractivity contribution < 1.29 is 19.1 Å². The Hall–Kier alpha value is -2.43. The van der Waals surface area contributed by atoms with E-state index in [0.717, 1.165) is 28.5 Å². The van der Waals surface area contributed by atoms with Crippen molar-refractivity contribution in [1.29, 1.82) is 0 Å². The number of carbonyl (C=O) groups is 2. The zero-order valence-electron chi connectivity index (χ0n) is 12.5. The SMILES string of the molecule is CC(=O)O[C@H]1CCc2ccc3ncccc3c2[C@@H]1OC(C)=O. The van der Waals surface area contributed by atoms with Crippen LogP contribution in [-0.2, 0) is 25.5 Å². The van der Waals surface area contributed by atoms with Gasteiger partial charge in [0.2, 0.25) is 0 Å². The Bertz CT molecular complexity index is 741. The molecule has 0 unspecified atom stereocenters. The zero-order valence-corrected chi connectivity index (χ0v) is 12.5. The van der Waals surface area contributed by atoms with Crippen LogP contribution < -0.4 is 0 Å². The van der Waals surface area contributed by atoms with Crippen LogP contribution in [0.5, 0.6) is 0 Å². The molecule has 22 heavy (non-hydrogen) atoms. The molecule has 2 atom stereocenters. The zero-order chi connectivity index (χ0) is 15.7. The smallest absolute Gasteiger partial charge is 0.303 e. The molecule has 0 fully saturated rings. The molecule has 0 saturated carbocycles. The molecular formula is C17H17NO4. The van der Waals surface area contributed by atoms with Crippen LogP contribution in [0.1, 0.15) is 37.5 Å². The van der Waals surface area contributed by atoms with Gasteiger partial charge in [-0.15, -0.1) is 0 Å². The van der Waals surface area contributed by atoms with Crippen molar-refractivity contribution in [3.63, 3.8) is 0 Å². The predicted octanol–water partition coefficient (Wildman–Crippen LogP) is 2.72. The van der Waals surface area contributed by atoms with Crippen LogP contribution >= 0.6 is 0 Å². The number of aromatic nitrogens is 1. The second-order valence-electron chi connectivity index (χ2n) is 5.43. The number of pyridine rings is 1. The molecule has 114 valence electrons. The number of aryl methyl sites for hydroxylation is 1. The summed E-state index contributed by atoms with van der Waals surface area (Å²) in [5.41, 5.74) is 2.84. The lowest BCUT2D eigenvalue weighted by Gasteiger charge is -2.33. The van der Waals surface area contributed by atoms with Gasteiger partial charge in [0.05, 0.1) is 5.52 Å². The average molecular weight is 299 g/mol. The van der Waals surface area contributed by atoms with Gasteiger partial charge in [-0.3, -0.25) is 14.6 Å². The third kappa shape index (κ3) is 2.66. The minimum absolute atomic E-state index is 0.371. The van der Waals surface area contributed by atoms with Gasteiger partial charge in [0, 0.05) is 31.0 Å². The molecule has 1 aliphatic rings. The molecule has 0 spiro atoms. The van der Waals surface area contributed by atoms with Crippen molar-refractivity contribution in [2.45, 2.75) is 38.9 Å². The first-order valence-corrected chi connectivity index (χ1v) is 7.27. The molecule has 0 bridgehead atoms. The van der Waals surface area contributed by atoms with E-state index in [-0.39, 0.29) is 5.97 Å². The maximum absolute atomic E-state index is 11.5. The Morgan fingerprint density at radius 1 is 1.14 bits per heavy atom. The second-order valence-corrected chi connectivity index (χ2v) is 5.43. The molecule has 1 heterocycles. The topological polar surface area (TPSA) is 65.5 Å². The Kier molecular flexibility index (Phi) is 3.79. The highest BCUT2D eigenvalue weighted by atomic mass is 16.6. The fourth-order valence-corrected chi connectivity index (χ4v) is 3.06. The first-order chi connectivity index (χ1) is 10.6. The number of fused-ring (bicyclic) bond motifs is 3. The van der Waals surface area contributed by atoms with Crippen LogP contribution in [0.2, 0.25) is 0 Å². The molecule has 1 aromatic carbocycles. The molecule has 1 aromatic heterocycles. The van der Waals surface area contributed by atoms with Gasteiger partial charge in [-0.25, -0.2) is 0 Å². The largest absolute Gasteiger partial charge is 0.458 e. The van der Waals surface area contributed by atoms with Gasteiger partial charge in [0.25, 0.3) is 0 Å². The minimum atomic E-state index is -0.585. The van der Waals surface area contributed by atoms with Crippen LogP contribution in [0.25, 0.3) is 10.9 Å². The van der Waals surface area contributed by atoms with Gasteiger partial charge in [-0.1, -0.05) is 12.1 Å². The number of esters is 2. The fraction of sp³-hybridized carbons (Fsp3) is 0.353. The number of rotatable bonds is 2. The van der Waals surface area contributed by atoms with E-state index in [0.29, 0.717) is 6.42 Å². The van der Waals surface area contributed by atoms with E-state index >= 15 is 0 Å². The quantitative estimate of drug-likeness (QED) is 0.798. The summed E-state index contributed by atoms with van der Waals surface area (Å²) in [6, 6.07) is 7.77. The van der Waals surface area contributed by atoms with Crippen LogP contribution in [0.3, 0.4) is 0 Å². The summed E-state index contributed by atoms with van der Waals surface area (Å²) >= 11 is 0. The third-order valence-corrected chi connectivity index (χ3v) is 3.85. The van der Waals surface area contributed by atoms with Crippen molar-refractivity contribution in [2.75, 3.05) is 0 Å². The lowest BCUT2D eigenvalue weighted by Crippen LogP contribution is -2.32. The Balaban J connectivity index is 2.14. The van der Waals surface area contributed by atoms with Gasteiger partial charge in [0.15, 0.2) is 6.10 Å². The molecule has 0 saturated heterocycles. The van der Waals surface area contributed by atoms with Crippen molar-refractivity contribution in [3.05, 3.63) is 41.6 Å². The second kappa shape index (κ2) is 5.75. The van der Waals surface area contributed by atoms with Crippen LogP contribution in [0, 0.1) is 0 Å². The monoisotopic (exact) mass is 299 g/mol. The average Bonchev–Trinajstić information content (AvgIpc) is 2.48. The Labute approximate surface area is 128 Å². The number of nitrogens with zero attached hydrogens (tertiary/aromatic N) is 1. The molecule has 5 nitrogen and oxygen atoms in total. The molecule has 0 N–H and O–H groups in total. The standard InChI is InChI=1S/C17H17NO4/c1-10(19)21-15-8-6-12-5-7-14-13(4-3-9-18-14)16(12)17(15)22-11(2)20/h3-5,7,9,15,17H,6,8H2,1-2H3/t15-,17+/m0/s1. The van der Waals surface area contributed by atoms with Crippen LogP contribution in [0.4, 0.5) is 0 Å². The maximum Gasteiger partial charge on any atom is 0.303 e. The molecular weight excluding hydrogens is 282 g/mol. The number of carbonyl (C=O) groups excluding carboxylic acids is 2. The minimum Gasteiger partial charge on any atom is -0.458 e. The summed E-state index contributed by atoms with van der Waals surface area (Å²) in [5, 5.41) is 0.933. The predicted molar refractivity (Wildman–Crippen MR) is 80.1 cm³/mol. The van der Waals surface area contributed by atoms with E-state index in [9.17, 15) is 9.59 Å². The highest BCUT2D eigenvalue weighted by Crippen LogP contribution is 2.38. The van der Waals surface area contributed by atoms with Crippen molar-refractivity contribution >= 4 is 22.8 Å².